The molecule has 34 heavy (non-hydrogen) atoms. The van der Waals surface area contributed by atoms with Crippen molar-refractivity contribution < 1.29 is 8.83 Å². The Labute approximate surface area is 194 Å². The minimum Gasteiger partial charge on any atom is -0.403 e. The number of allylic oxidation sites excluding steroid dienone is 2. The van der Waals surface area contributed by atoms with Crippen molar-refractivity contribution in [3.8, 4) is 22.9 Å². The Morgan fingerprint density at radius 2 is 1.06 bits per heavy atom. The van der Waals surface area contributed by atoms with E-state index in [1.54, 1.807) is 60.7 Å². The first-order valence-corrected chi connectivity index (χ1v) is 10.8. The maximum atomic E-state index is 12.5. The molecule has 0 N–H and O–H groups in total. The lowest BCUT2D eigenvalue weighted by Crippen LogP contribution is -2.04. The lowest BCUT2D eigenvalue weighted by Gasteiger charge is -2.05. The molecule has 3 aromatic carbocycles. The van der Waals surface area contributed by atoms with E-state index in [4.69, 9.17) is 8.83 Å². The van der Waals surface area contributed by atoms with Gasteiger partial charge in [0.25, 0.3) is 0 Å². The van der Waals surface area contributed by atoms with Gasteiger partial charge in [0.2, 0.25) is 11.8 Å². The third kappa shape index (κ3) is 3.97. The summed E-state index contributed by atoms with van der Waals surface area (Å²) in [5, 5.41) is 0.858. The number of benzene rings is 3. The summed E-state index contributed by atoms with van der Waals surface area (Å²) in [6, 6.07) is 18.0. The SMILES string of the molecule is C=CCc1ccc2nc(-c3ccc(-c4nc5ccc(CC=C)cc5c(=O)o4)cc3)oc(=O)c2c1. The van der Waals surface area contributed by atoms with Crippen LogP contribution in [-0.4, -0.2) is 9.97 Å². The Balaban J connectivity index is 1.50. The molecule has 6 heteroatoms. The van der Waals surface area contributed by atoms with Gasteiger partial charge in [0, 0.05) is 11.1 Å². The molecule has 166 valence electrons. The van der Waals surface area contributed by atoms with Crippen LogP contribution in [0.2, 0.25) is 0 Å². The van der Waals surface area contributed by atoms with Crippen LogP contribution in [0.4, 0.5) is 0 Å². The van der Waals surface area contributed by atoms with Gasteiger partial charge < -0.3 is 8.83 Å². The first kappa shape index (κ1) is 21.3. The second-order valence-electron chi connectivity index (χ2n) is 7.88. The molecule has 0 bridgehead atoms. The maximum Gasteiger partial charge on any atom is 0.347 e. The topological polar surface area (TPSA) is 86.2 Å². The zero-order chi connectivity index (χ0) is 23.7. The van der Waals surface area contributed by atoms with Crippen molar-refractivity contribution in [2.45, 2.75) is 12.8 Å². The minimum atomic E-state index is -0.451. The molecule has 0 radical (unpaired) electrons. The number of aromatic nitrogens is 2. The minimum absolute atomic E-state index is 0.211. The summed E-state index contributed by atoms with van der Waals surface area (Å²) in [7, 11) is 0. The van der Waals surface area contributed by atoms with Crippen molar-refractivity contribution in [1.82, 2.24) is 9.97 Å². The Hall–Kier alpha value is -4.58. The average molecular weight is 448 g/mol. The van der Waals surface area contributed by atoms with Gasteiger partial charge in [0.05, 0.1) is 21.8 Å². The zero-order valence-electron chi connectivity index (χ0n) is 18.3. The van der Waals surface area contributed by atoms with E-state index in [1.807, 2.05) is 12.1 Å². The van der Waals surface area contributed by atoms with Gasteiger partial charge in [-0.2, -0.15) is 0 Å². The Bertz CT molecular complexity index is 1550. The number of hydrogen-bond donors (Lipinski definition) is 0. The van der Waals surface area contributed by atoms with Gasteiger partial charge in [-0.25, -0.2) is 19.6 Å². The lowest BCUT2D eigenvalue weighted by atomic mass is 10.1. The zero-order valence-corrected chi connectivity index (χ0v) is 18.3. The van der Waals surface area contributed by atoms with Crippen molar-refractivity contribution in [2.75, 3.05) is 0 Å². The van der Waals surface area contributed by atoms with Gasteiger partial charge in [-0.1, -0.05) is 24.3 Å². The summed E-state index contributed by atoms with van der Waals surface area (Å²) in [6.07, 6.45) is 4.87. The predicted octanol–water partition coefficient (Wildman–Crippen LogP) is 5.48. The number of rotatable bonds is 6. The van der Waals surface area contributed by atoms with Crippen molar-refractivity contribution in [3.05, 3.63) is 118 Å². The lowest BCUT2D eigenvalue weighted by molar-refractivity contribution is 0.516. The monoisotopic (exact) mass is 448 g/mol. The maximum absolute atomic E-state index is 12.5. The average Bonchev–Trinajstić information content (AvgIpc) is 2.85. The highest BCUT2D eigenvalue weighted by atomic mass is 16.4. The van der Waals surface area contributed by atoms with Crippen LogP contribution < -0.4 is 11.3 Å². The molecule has 2 heterocycles. The molecule has 0 spiro atoms. The second-order valence-corrected chi connectivity index (χ2v) is 7.88. The molecular weight excluding hydrogens is 428 g/mol. The van der Waals surface area contributed by atoms with Crippen LogP contribution in [0.5, 0.6) is 0 Å². The molecule has 5 aromatic rings. The highest BCUT2D eigenvalue weighted by molar-refractivity contribution is 5.81. The Morgan fingerprint density at radius 1 is 0.647 bits per heavy atom. The van der Waals surface area contributed by atoms with Crippen LogP contribution in [0.1, 0.15) is 11.1 Å². The first-order chi connectivity index (χ1) is 16.6. The van der Waals surface area contributed by atoms with E-state index in [0.717, 1.165) is 11.1 Å². The smallest absolute Gasteiger partial charge is 0.347 e. The summed E-state index contributed by atoms with van der Waals surface area (Å²) in [4.78, 5) is 34.1. The van der Waals surface area contributed by atoms with Gasteiger partial charge in [0.15, 0.2) is 0 Å². The number of fused-ring (bicyclic) bond motifs is 2. The van der Waals surface area contributed by atoms with Gasteiger partial charge in [-0.3, -0.25) is 0 Å². The number of nitrogens with zero attached hydrogens (tertiary/aromatic N) is 2. The van der Waals surface area contributed by atoms with Crippen LogP contribution in [-0.2, 0) is 12.8 Å². The summed E-state index contributed by atoms with van der Waals surface area (Å²) >= 11 is 0. The van der Waals surface area contributed by atoms with Gasteiger partial charge >= 0.3 is 11.3 Å². The van der Waals surface area contributed by atoms with Gasteiger partial charge in [0.1, 0.15) is 0 Å². The molecule has 0 saturated heterocycles. The van der Waals surface area contributed by atoms with Crippen LogP contribution in [0, 0.1) is 0 Å². The summed E-state index contributed by atoms with van der Waals surface area (Å²) in [5.74, 6) is 0.423. The molecule has 0 aliphatic carbocycles. The van der Waals surface area contributed by atoms with E-state index in [9.17, 15) is 9.59 Å². The third-order valence-electron chi connectivity index (χ3n) is 5.52. The summed E-state index contributed by atoms with van der Waals surface area (Å²) < 4.78 is 10.9. The highest BCUT2D eigenvalue weighted by Gasteiger charge is 2.12. The largest absolute Gasteiger partial charge is 0.403 e. The normalized spacial score (nSPS) is 11.1. The van der Waals surface area contributed by atoms with Crippen molar-refractivity contribution in [1.29, 1.82) is 0 Å². The fraction of sp³-hybridized carbons (Fsp3) is 0.0714. The molecule has 6 nitrogen and oxygen atoms in total. The summed E-state index contributed by atoms with van der Waals surface area (Å²) in [5.41, 5.74) is 3.39. The van der Waals surface area contributed by atoms with Crippen LogP contribution in [0.25, 0.3) is 44.7 Å². The van der Waals surface area contributed by atoms with Gasteiger partial charge in [-0.05, 0) is 72.5 Å². The van der Waals surface area contributed by atoms with Crippen molar-refractivity contribution in [2.24, 2.45) is 0 Å². The molecular formula is C28H20N2O4. The molecule has 0 aliphatic heterocycles. The fourth-order valence-electron chi connectivity index (χ4n) is 3.83. The second kappa shape index (κ2) is 8.75. The molecule has 0 atom stereocenters. The van der Waals surface area contributed by atoms with Crippen LogP contribution in [0.15, 0.2) is 104 Å². The number of hydrogen-bond acceptors (Lipinski definition) is 6. The standard InChI is InChI=1S/C28H20N2O4/c1-3-5-17-7-13-23-21(15-17)27(31)33-25(29-23)19-9-11-20(12-10-19)26-30-24-14-8-18(6-4-2)16-22(24)28(32)34-26/h3-4,7-16H,1-2,5-6H2. The molecule has 0 amide bonds. The van der Waals surface area contributed by atoms with Crippen molar-refractivity contribution in [3.63, 3.8) is 0 Å². The predicted molar refractivity (Wildman–Crippen MR) is 133 cm³/mol. The third-order valence-corrected chi connectivity index (χ3v) is 5.52. The quantitative estimate of drug-likeness (QED) is 0.320. The van der Waals surface area contributed by atoms with E-state index < -0.39 is 11.3 Å². The van der Waals surface area contributed by atoms with E-state index in [0.29, 0.717) is 45.8 Å². The molecule has 2 aromatic heterocycles. The van der Waals surface area contributed by atoms with E-state index >= 15 is 0 Å². The van der Waals surface area contributed by atoms with Crippen LogP contribution in [0.3, 0.4) is 0 Å². The van der Waals surface area contributed by atoms with Crippen molar-refractivity contribution >= 4 is 21.8 Å². The molecule has 0 saturated carbocycles. The molecule has 0 fully saturated rings. The summed E-state index contributed by atoms with van der Waals surface area (Å²) in [6.45, 7) is 7.44. The van der Waals surface area contributed by atoms with E-state index in [2.05, 4.69) is 23.1 Å². The Morgan fingerprint density at radius 3 is 1.44 bits per heavy atom. The molecule has 0 aliphatic rings. The molecule has 0 unspecified atom stereocenters. The first-order valence-electron chi connectivity index (χ1n) is 10.8. The Kier molecular flexibility index (Phi) is 5.47. The molecule has 5 rings (SSSR count). The fourth-order valence-corrected chi connectivity index (χ4v) is 3.83. The van der Waals surface area contributed by atoms with E-state index in [-0.39, 0.29) is 11.8 Å². The van der Waals surface area contributed by atoms with Crippen LogP contribution >= 0.6 is 0 Å². The van der Waals surface area contributed by atoms with E-state index in [1.165, 1.54) is 0 Å². The van der Waals surface area contributed by atoms with Gasteiger partial charge in [-0.15, -0.1) is 13.2 Å². The highest BCUT2D eigenvalue weighted by Crippen LogP contribution is 2.24.